The molecule has 0 aliphatic heterocycles. The summed E-state index contributed by atoms with van der Waals surface area (Å²) in [5.41, 5.74) is -0.973. The second-order valence-corrected chi connectivity index (χ2v) is 9.38. The third-order valence-electron chi connectivity index (χ3n) is 5.11. The van der Waals surface area contributed by atoms with Crippen molar-refractivity contribution in [3.8, 4) is 0 Å². The highest BCUT2D eigenvalue weighted by atomic mass is 32.2. The molecule has 0 spiro atoms. The fourth-order valence-corrected chi connectivity index (χ4v) is 4.08. The van der Waals surface area contributed by atoms with Gasteiger partial charge < -0.3 is 15.3 Å². The third kappa shape index (κ3) is 17.7. The van der Waals surface area contributed by atoms with Crippen molar-refractivity contribution >= 4 is 23.7 Å². The first kappa shape index (κ1) is 32.3. The molecule has 0 saturated heterocycles. The van der Waals surface area contributed by atoms with Gasteiger partial charge in [0, 0.05) is 6.42 Å². The van der Waals surface area contributed by atoms with Crippen molar-refractivity contribution in [3.63, 3.8) is 0 Å². The van der Waals surface area contributed by atoms with E-state index in [9.17, 15) is 22.8 Å². The Morgan fingerprint density at radius 2 is 1.29 bits per heavy atom. The smallest absolute Gasteiger partial charge is 0.416 e. The number of aliphatic hydroxyl groups excluding tert-OH is 1. The summed E-state index contributed by atoms with van der Waals surface area (Å²) < 4.78 is 36.3. The van der Waals surface area contributed by atoms with Crippen molar-refractivity contribution in [2.24, 2.45) is 0 Å². The maximum atomic E-state index is 12.1. The van der Waals surface area contributed by atoms with E-state index in [2.05, 4.69) is 6.92 Å². The highest BCUT2D eigenvalue weighted by Gasteiger charge is 2.30. The van der Waals surface area contributed by atoms with Gasteiger partial charge in [0.2, 0.25) is 0 Å². The Labute approximate surface area is 205 Å². The van der Waals surface area contributed by atoms with Crippen molar-refractivity contribution in [2.45, 2.75) is 96.3 Å². The number of carboxylic acids is 2. The Morgan fingerprint density at radius 3 is 1.74 bits per heavy atom. The number of halogens is 3. The lowest BCUT2D eigenvalue weighted by atomic mass is 10.1. The SMILES string of the molecule is CCCCCCCCCCCCSCCCC(=O)O.O=C(O)C(O)c1ccc(C(F)(F)F)cc1. The molecule has 5 nitrogen and oxygen atoms in total. The number of alkyl halides is 3. The maximum absolute atomic E-state index is 12.1. The lowest BCUT2D eigenvalue weighted by molar-refractivity contribution is -0.147. The van der Waals surface area contributed by atoms with E-state index in [1.54, 1.807) is 0 Å². The van der Waals surface area contributed by atoms with E-state index < -0.39 is 29.8 Å². The van der Waals surface area contributed by atoms with Gasteiger partial charge in [-0.15, -0.1) is 0 Å². The van der Waals surface area contributed by atoms with Gasteiger partial charge in [0.1, 0.15) is 0 Å². The van der Waals surface area contributed by atoms with Crippen LogP contribution in [0.1, 0.15) is 101 Å². The van der Waals surface area contributed by atoms with E-state index in [0.29, 0.717) is 6.42 Å². The van der Waals surface area contributed by atoms with Gasteiger partial charge in [-0.3, -0.25) is 4.79 Å². The molecule has 196 valence electrons. The van der Waals surface area contributed by atoms with Gasteiger partial charge in [-0.25, -0.2) is 4.79 Å². The third-order valence-corrected chi connectivity index (χ3v) is 6.26. The molecule has 34 heavy (non-hydrogen) atoms. The Hall–Kier alpha value is -1.74. The minimum atomic E-state index is -4.47. The van der Waals surface area contributed by atoms with Crippen LogP contribution in [-0.2, 0) is 15.8 Å². The first-order valence-electron chi connectivity index (χ1n) is 12.0. The zero-order chi connectivity index (χ0) is 25.8. The maximum Gasteiger partial charge on any atom is 0.416 e. The molecule has 0 bridgehead atoms. The number of hydrogen-bond acceptors (Lipinski definition) is 4. The second kappa shape index (κ2) is 19.6. The number of carboxylic acid groups (broad SMARTS) is 2. The van der Waals surface area contributed by atoms with Crippen LogP contribution in [0, 0.1) is 0 Å². The normalized spacial score (nSPS) is 12.0. The standard InChI is InChI=1S/C16H32O2S.C9H7F3O3/c1-2-3-4-5-6-7-8-9-10-11-14-19-15-12-13-16(17)18;10-9(11,12)6-3-1-5(2-4-6)7(13)8(14)15/h2-15H2,1H3,(H,17,18);1-4,7,13H,(H,14,15). The van der Waals surface area contributed by atoms with E-state index in [-0.39, 0.29) is 5.56 Å². The Kier molecular flexibility index (Phi) is 18.6. The number of hydrogen-bond donors (Lipinski definition) is 3. The van der Waals surface area contributed by atoms with E-state index in [1.165, 1.54) is 70.0 Å². The van der Waals surface area contributed by atoms with Crippen molar-refractivity contribution in [2.75, 3.05) is 11.5 Å². The Bertz CT molecular complexity index is 666. The fourth-order valence-electron chi connectivity index (χ4n) is 3.12. The average Bonchev–Trinajstić information content (AvgIpc) is 2.78. The summed E-state index contributed by atoms with van der Waals surface area (Å²) >= 11 is 1.91. The summed E-state index contributed by atoms with van der Waals surface area (Å²) in [6.45, 7) is 2.26. The predicted octanol–water partition coefficient (Wildman–Crippen LogP) is 7.33. The quantitative estimate of drug-likeness (QED) is 0.191. The Balaban J connectivity index is 0.000000657. The molecule has 0 aromatic heterocycles. The number of rotatable bonds is 17. The average molecular weight is 509 g/mol. The minimum Gasteiger partial charge on any atom is -0.481 e. The van der Waals surface area contributed by atoms with Crippen LogP contribution in [-0.4, -0.2) is 38.8 Å². The molecule has 1 aromatic rings. The van der Waals surface area contributed by atoms with Gasteiger partial charge in [0.05, 0.1) is 5.56 Å². The van der Waals surface area contributed by atoms with E-state index in [0.717, 1.165) is 36.4 Å². The van der Waals surface area contributed by atoms with Crippen molar-refractivity contribution in [1.82, 2.24) is 0 Å². The second-order valence-electron chi connectivity index (χ2n) is 8.15. The summed E-state index contributed by atoms with van der Waals surface area (Å²) in [5, 5.41) is 25.9. The molecule has 1 unspecified atom stereocenters. The first-order valence-corrected chi connectivity index (χ1v) is 13.1. The topological polar surface area (TPSA) is 94.8 Å². The van der Waals surface area contributed by atoms with Crippen LogP contribution >= 0.6 is 11.8 Å². The van der Waals surface area contributed by atoms with Crippen molar-refractivity contribution in [1.29, 1.82) is 0 Å². The van der Waals surface area contributed by atoms with E-state index in [4.69, 9.17) is 15.3 Å². The van der Waals surface area contributed by atoms with E-state index >= 15 is 0 Å². The van der Waals surface area contributed by atoms with E-state index in [1.807, 2.05) is 11.8 Å². The highest BCUT2D eigenvalue weighted by molar-refractivity contribution is 7.99. The van der Waals surface area contributed by atoms with Crippen LogP contribution in [0.5, 0.6) is 0 Å². The van der Waals surface area contributed by atoms with Crippen LogP contribution in [0.4, 0.5) is 13.2 Å². The first-order chi connectivity index (χ1) is 16.1. The molecule has 0 amide bonds. The zero-order valence-electron chi connectivity index (χ0n) is 20.0. The van der Waals surface area contributed by atoms with Gasteiger partial charge in [0.15, 0.2) is 6.10 Å². The predicted molar refractivity (Wildman–Crippen MR) is 130 cm³/mol. The number of carbonyl (C=O) groups is 2. The van der Waals surface area contributed by atoms with Gasteiger partial charge in [-0.05, 0) is 42.0 Å². The summed E-state index contributed by atoms with van der Waals surface area (Å²) in [6.07, 6.45) is 8.72. The number of unbranched alkanes of at least 4 members (excludes halogenated alkanes) is 9. The molecular weight excluding hydrogens is 469 g/mol. The number of thioether (sulfide) groups is 1. The van der Waals surface area contributed by atoms with Crippen molar-refractivity contribution in [3.05, 3.63) is 35.4 Å². The van der Waals surface area contributed by atoms with Crippen molar-refractivity contribution < 1.29 is 38.1 Å². The zero-order valence-corrected chi connectivity index (χ0v) is 20.8. The molecule has 1 aromatic carbocycles. The lowest BCUT2D eigenvalue weighted by Gasteiger charge is -2.09. The molecule has 1 atom stereocenters. The van der Waals surface area contributed by atoms with Crippen LogP contribution in [0.15, 0.2) is 24.3 Å². The monoisotopic (exact) mass is 508 g/mol. The summed E-state index contributed by atoms with van der Waals surface area (Å²) in [7, 11) is 0. The number of benzene rings is 1. The highest BCUT2D eigenvalue weighted by Crippen LogP contribution is 2.29. The van der Waals surface area contributed by atoms with Gasteiger partial charge in [-0.1, -0.05) is 76.8 Å². The molecule has 0 aliphatic rings. The van der Waals surface area contributed by atoms with Crippen LogP contribution in [0.2, 0.25) is 0 Å². The minimum absolute atomic E-state index is 0.0875. The Morgan fingerprint density at radius 1 is 0.824 bits per heavy atom. The molecular formula is C25H39F3O5S. The van der Waals surface area contributed by atoms with Gasteiger partial charge in [-0.2, -0.15) is 24.9 Å². The van der Waals surface area contributed by atoms with Crippen LogP contribution in [0.25, 0.3) is 0 Å². The van der Waals surface area contributed by atoms with Crippen LogP contribution in [0.3, 0.4) is 0 Å². The van der Waals surface area contributed by atoms with Gasteiger partial charge >= 0.3 is 18.1 Å². The molecule has 0 radical (unpaired) electrons. The number of aliphatic carboxylic acids is 2. The molecule has 0 aliphatic carbocycles. The van der Waals surface area contributed by atoms with Gasteiger partial charge in [0.25, 0.3) is 0 Å². The lowest BCUT2D eigenvalue weighted by Crippen LogP contribution is -2.11. The molecule has 1 rings (SSSR count). The molecule has 3 N–H and O–H groups in total. The number of aliphatic hydroxyl groups is 1. The molecule has 0 heterocycles. The summed E-state index contributed by atoms with van der Waals surface area (Å²) in [6, 6.07) is 3.31. The molecule has 0 saturated carbocycles. The largest absolute Gasteiger partial charge is 0.481 e. The summed E-state index contributed by atoms with van der Waals surface area (Å²) in [5.74, 6) is 0.0362. The molecule has 9 heteroatoms. The molecule has 0 fully saturated rings. The van der Waals surface area contributed by atoms with Crippen LogP contribution < -0.4 is 0 Å². The fraction of sp³-hybridized carbons (Fsp3) is 0.680. The summed E-state index contributed by atoms with van der Waals surface area (Å²) in [4.78, 5) is 20.6.